The molecule has 0 saturated carbocycles. The highest BCUT2D eigenvalue weighted by Crippen LogP contribution is 2.17. The second kappa shape index (κ2) is 5.15. The van der Waals surface area contributed by atoms with Gasteiger partial charge >= 0.3 is 0 Å². The number of morpholine rings is 1. The van der Waals surface area contributed by atoms with Gasteiger partial charge in [-0.2, -0.15) is 0 Å². The standard InChI is InChI=1S/C12H24N2O2/c1-5-6-12(4,13)11(15)14-7-9(2)16-10(3)8-14/h9-10H,5-8,13H2,1-4H3. The molecular formula is C12H24N2O2. The SMILES string of the molecule is CCCC(C)(N)C(=O)N1CC(C)OC(C)C1. The van der Waals surface area contributed by atoms with Gasteiger partial charge in [0.15, 0.2) is 0 Å². The van der Waals surface area contributed by atoms with Gasteiger partial charge in [-0.1, -0.05) is 13.3 Å². The minimum absolute atomic E-state index is 0.0522. The van der Waals surface area contributed by atoms with Crippen LogP contribution in [0.2, 0.25) is 0 Å². The highest BCUT2D eigenvalue weighted by atomic mass is 16.5. The monoisotopic (exact) mass is 228 g/mol. The first-order chi connectivity index (χ1) is 7.36. The molecule has 0 bridgehead atoms. The first-order valence-corrected chi connectivity index (χ1v) is 6.10. The summed E-state index contributed by atoms with van der Waals surface area (Å²) in [5, 5.41) is 0. The number of ether oxygens (including phenoxy) is 1. The molecule has 1 fully saturated rings. The van der Waals surface area contributed by atoms with E-state index in [1.807, 2.05) is 32.6 Å². The summed E-state index contributed by atoms with van der Waals surface area (Å²) in [4.78, 5) is 14.1. The lowest BCUT2D eigenvalue weighted by Crippen LogP contribution is -2.58. The van der Waals surface area contributed by atoms with Gasteiger partial charge in [0.25, 0.3) is 0 Å². The average Bonchev–Trinajstić information content (AvgIpc) is 2.14. The van der Waals surface area contributed by atoms with E-state index in [0.717, 1.165) is 12.8 Å². The largest absolute Gasteiger partial charge is 0.372 e. The molecule has 3 atom stereocenters. The highest BCUT2D eigenvalue weighted by molar-refractivity contribution is 5.85. The molecule has 1 aliphatic heterocycles. The molecule has 0 spiro atoms. The van der Waals surface area contributed by atoms with Gasteiger partial charge in [-0.25, -0.2) is 0 Å². The Kier molecular flexibility index (Phi) is 4.33. The van der Waals surface area contributed by atoms with Gasteiger partial charge in [0, 0.05) is 13.1 Å². The summed E-state index contributed by atoms with van der Waals surface area (Å²) in [6.07, 6.45) is 1.86. The molecule has 2 N–H and O–H groups in total. The van der Waals surface area contributed by atoms with E-state index in [9.17, 15) is 4.79 Å². The Morgan fingerprint density at radius 2 is 1.94 bits per heavy atom. The van der Waals surface area contributed by atoms with Crippen molar-refractivity contribution in [1.29, 1.82) is 0 Å². The van der Waals surface area contributed by atoms with Gasteiger partial charge < -0.3 is 15.4 Å². The summed E-state index contributed by atoms with van der Waals surface area (Å²) >= 11 is 0. The Bertz CT molecular complexity index is 243. The van der Waals surface area contributed by atoms with Gasteiger partial charge in [0.1, 0.15) is 0 Å². The molecule has 0 radical (unpaired) electrons. The number of hydrogen-bond donors (Lipinski definition) is 1. The van der Waals surface area contributed by atoms with Gasteiger partial charge in [-0.05, 0) is 27.2 Å². The van der Waals surface area contributed by atoms with Crippen LogP contribution in [0.1, 0.15) is 40.5 Å². The maximum absolute atomic E-state index is 12.2. The molecule has 1 saturated heterocycles. The Morgan fingerprint density at radius 3 is 2.38 bits per heavy atom. The van der Waals surface area contributed by atoms with Crippen LogP contribution in [-0.4, -0.2) is 41.6 Å². The molecule has 4 heteroatoms. The van der Waals surface area contributed by atoms with Gasteiger partial charge in [-0.15, -0.1) is 0 Å². The lowest BCUT2D eigenvalue weighted by molar-refractivity contribution is -0.148. The highest BCUT2D eigenvalue weighted by Gasteiger charge is 2.35. The van der Waals surface area contributed by atoms with E-state index in [2.05, 4.69) is 0 Å². The topological polar surface area (TPSA) is 55.6 Å². The number of amides is 1. The third-order valence-corrected chi connectivity index (χ3v) is 2.96. The first-order valence-electron chi connectivity index (χ1n) is 6.10. The smallest absolute Gasteiger partial charge is 0.242 e. The summed E-state index contributed by atoms with van der Waals surface area (Å²) in [5.74, 6) is 0.0522. The number of nitrogens with two attached hydrogens (primary N) is 1. The average molecular weight is 228 g/mol. The number of carbonyl (C=O) groups excluding carboxylic acids is 1. The summed E-state index contributed by atoms with van der Waals surface area (Å²) in [6, 6.07) is 0. The quantitative estimate of drug-likeness (QED) is 0.788. The first kappa shape index (κ1) is 13.5. The Labute approximate surface area is 98.1 Å². The van der Waals surface area contributed by atoms with Crippen molar-refractivity contribution in [3.8, 4) is 0 Å². The van der Waals surface area contributed by atoms with Crippen molar-refractivity contribution >= 4 is 5.91 Å². The maximum atomic E-state index is 12.2. The Balaban J connectivity index is 2.65. The van der Waals surface area contributed by atoms with E-state index >= 15 is 0 Å². The van der Waals surface area contributed by atoms with Gasteiger partial charge in [0.2, 0.25) is 5.91 Å². The summed E-state index contributed by atoms with van der Waals surface area (Å²) in [7, 11) is 0. The minimum atomic E-state index is -0.731. The minimum Gasteiger partial charge on any atom is -0.372 e. The van der Waals surface area contributed by atoms with E-state index < -0.39 is 5.54 Å². The van der Waals surface area contributed by atoms with Crippen molar-refractivity contribution in [1.82, 2.24) is 4.90 Å². The Hall–Kier alpha value is -0.610. The van der Waals surface area contributed by atoms with Crippen LogP contribution in [0.3, 0.4) is 0 Å². The van der Waals surface area contributed by atoms with Crippen molar-refractivity contribution in [2.75, 3.05) is 13.1 Å². The second-order valence-electron chi connectivity index (χ2n) is 5.13. The van der Waals surface area contributed by atoms with E-state index in [-0.39, 0.29) is 18.1 Å². The zero-order valence-corrected chi connectivity index (χ0v) is 10.8. The molecule has 4 nitrogen and oxygen atoms in total. The predicted octanol–water partition coefficient (Wildman–Crippen LogP) is 1.14. The van der Waals surface area contributed by atoms with Crippen LogP contribution in [0.5, 0.6) is 0 Å². The van der Waals surface area contributed by atoms with E-state index in [0.29, 0.717) is 13.1 Å². The summed E-state index contributed by atoms with van der Waals surface area (Å²) < 4.78 is 5.60. The molecule has 16 heavy (non-hydrogen) atoms. The van der Waals surface area contributed by atoms with Crippen molar-refractivity contribution in [3.05, 3.63) is 0 Å². The molecule has 0 aromatic heterocycles. The van der Waals surface area contributed by atoms with Crippen molar-refractivity contribution < 1.29 is 9.53 Å². The van der Waals surface area contributed by atoms with Crippen LogP contribution in [-0.2, 0) is 9.53 Å². The lowest BCUT2D eigenvalue weighted by Gasteiger charge is -2.39. The van der Waals surface area contributed by atoms with Gasteiger partial charge in [-0.3, -0.25) is 4.79 Å². The molecule has 94 valence electrons. The van der Waals surface area contributed by atoms with E-state index in [1.54, 1.807) is 0 Å². The van der Waals surface area contributed by atoms with E-state index in [4.69, 9.17) is 10.5 Å². The lowest BCUT2D eigenvalue weighted by atomic mass is 9.95. The number of hydrogen-bond acceptors (Lipinski definition) is 3. The summed E-state index contributed by atoms with van der Waals surface area (Å²) in [5.41, 5.74) is 5.33. The van der Waals surface area contributed by atoms with Crippen LogP contribution in [0.4, 0.5) is 0 Å². The fraction of sp³-hybridized carbons (Fsp3) is 0.917. The fourth-order valence-corrected chi connectivity index (χ4v) is 2.33. The van der Waals surface area contributed by atoms with Crippen LogP contribution in [0, 0.1) is 0 Å². The summed E-state index contributed by atoms with van der Waals surface area (Å²) in [6.45, 7) is 9.15. The van der Waals surface area contributed by atoms with Crippen LogP contribution in [0.25, 0.3) is 0 Å². The molecule has 0 aliphatic carbocycles. The maximum Gasteiger partial charge on any atom is 0.242 e. The van der Waals surface area contributed by atoms with Crippen molar-refractivity contribution in [3.63, 3.8) is 0 Å². The molecule has 0 aromatic rings. The molecule has 1 aliphatic rings. The third-order valence-electron chi connectivity index (χ3n) is 2.96. The molecule has 3 unspecified atom stereocenters. The zero-order chi connectivity index (χ0) is 12.3. The Morgan fingerprint density at radius 1 is 1.44 bits per heavy atom. The predicted molar refractivity (Wildman–Crippen MR) is 64.1 cm³/mol. The van der Waals surface area contributed by atoms with Crippen LogP contribution in [0.15, 0.2) is 0 Å². The number of rotatable bonds is 3. The normalized spacial score (nSPS) is 29.9. The molecule has 0 aromatic carbocycles. The number of nitrogens with zero attached hydrogens (tertiary/aromatic N) is 1. The van der Waals surface area contributed by atoms with Crippen LogP contribution < -0.4 is 5.73 Å². The molecule has 1 rings (SSSR count). The molecule has 1 amide bonds. The van der Waals surface area contributed by atoms with Crippen molar-refractivity contribution in [2.45, 2.75) is 58.3 Å². The molecule has 1 heterocycles. The van der Waals surface area contributed by atoms with Crippen LogP contribution >= 0.6 is 0 Å². The number of carbonyl (C=O) groups is 1. The van der Waals surface area contributed by atoms with Gasteiger partial charge in [0.05, 0.1) is 17.7 Å². The fourth-order valence-electron chi connectivity index (χ4n) is 2.33. The zero-order valence-electron chi connectivity index (χ0n) is 10.8. The van der Waals surface area contributed by atoms with Crippen molar-refractivity contribution in [2.24, 2.45) is 5.73 Å². The third kappa shape index (κ3) is 3.19. The van der Waals surface area contributed by atoms with E-state index in [1.165, 1.54) is 0 Å². The molecular weight excluding hydrogens is 204 g/mol. The second-order valence-corrected chi connectivity index (χ2v) is 5.13.